The van der Waals surface area contributed by atoms with Crippen LogP contribution < -0.4 is 10.1 Å². The molecule has 0 aliphatic heterocycles. The third-order valence-corrected chi connectivity index (χ3v) is 4.28. The van der Waals surface area contributed by atoms with E-state index in [4.69, 9.17) is 4.74 Å². The topological polar surface area (TPSA) is 135 Å². The summed E-state index contributed by atoms with van der Waals surface area (Å²) in [4.78, 5) is 29.0. The van der Waals surface area contributed by atoms with Gasteiger partial charge in [0.2, 0.25) is 6.04 Å². The number of hydrogen-bond acceptors (Lipinski definition) is 8. The van der Waals surface area contributed by atoms with E-state index >= 15 is 0 Å². The lowest BCUT2D eigenvalue weighted by Gasteiger charge is -2.12. The molecule has 0 aliphatic rings. The molecule has 10 heteroatoms. The van der Waals surface area contributed by atoms with Crippen molar-refractivity contribution in [2.75, 3.05) is 12.4 Å². The van der Waals surface area contributed by atoms with Crippen molar-refractivity contribution in [1.29, 1.82) is 5.26 Å². The third-order valence-electron chi connectivity index (χ3n) is 4.28. The number of azo groups is 1. The number of nitriles is 1. The molecule has 10 nitrogen and oxygen atoms in total. The molecule has 1 aromatic carbocycles. The van der Waals surface area contributed by atoms with Crippen molar-refractivity contribution in [1.82, 2.24) is 14.8 Å². The number of hydrogen-bond donors (Lipinski definition) is 1. The summed E-state index contributed by atoms with van der Waals surface area (Å²) in [5.41, 5.74) is 0.977. The first kappa shape index (κ1) is 21.3. The van der Waals surface area contributed by atoms with E-state index in [2.05, 4.69) is 25.6 Å². The predicted molar refractivity (Wildman–Crippen MR) is 111 cm³/mol. The molecule has 1 amide bonds. The summed E-state index contributed by atoms with van der Waals surface area (Å²) in [6.07, 6.45) is 1.57. The van der Waals surface area contributed by atoms with Crippen molar-refractivity contribution < 1.29 is 14.3 Å². The summed E-state index contributed by atoms with van der Waals surface area (Å²) < 4.78 is 6.55. The number of benzene rings is 1. The van der Waals surface area contributed by atoms with Gasteiger partial charge in [0, 0.05) is 6.20 Å². The number of nitrogens with one attached hydrogen (secondary N) is 1. The second-order valence-corrected chi connectivity index (χ2v) is 6.41. The fraction of sp³-hybridized carbons (Fsp3) is 0.190. The van der Waals surface area contributed by atoms with Crippen LogP contribution in [0.3, 0.4) is 0 Å². The van der Waals surface area contributed by atoms with E-state index < -0.39 is 17.7 Å². The highest BCUT2D eigenvalue weighted by molar-refractivity contribution is 6.10. The van der Waals surface area contributed by atoms with Crippen LogP contribution in [0.25, 0.3) is 5.82 Å². The Hall–Kier alpha value is -4.39. The molecule has 3 aromatic rings. The van der Waals surface area contributed by atoms with Crippen molar-refractivity contribution in [3.63, 3.8) is 0 Å². The Kier molecular flexibility index (Phi) is 6.47. The predicted octanol–water partition coefficient (Wildman–Crippen LogP) is 3.14. The van der Waals surface area contributed by atoms with Crippen LogP contribution in [0.4, 0.5) is 11.5 Å². The molecule has 1 N–H and O–H groups in total. The fourth-order valence-corrected chi connectivity index (χ4v) is 2.76. The van der Waals surface area contributed by atoms with Crippen molar-refractivity contribution in [3.8, 4) is 17.6 Å². The first-order chi connectivity index (χ1) is 15.0. The van der Waals surface area contributed by atoms with Gasteiger partial charge in [-0.2, -0.15) is 20.2 Å². The van der Waals surface area contributed by atoms with E-state index in [-0.39, 0.29) is 11.4 Å². The van der Waals surface area contributed by atoms with E-state index in [1.807, 2.05) is 6.07 Å². The maximum atomic E-state index is 12.7. The Balaban J connectivity index is 1.95. The van der Waals surface area contributed by atoms with Crippen LogP contribution in [0.1, 0.15) is 18.2 Å². The molecule has 31 heavy (non-hydrogen) atoms. The van der Waals surface area contributed by atoms with Crippen LogP contribution in [0, 0.1) is 18.3 Å². The van der Waals surface area contributed by atoms with Gasteiger partial charge < -0.3 is 10.1 Å². The lowest BCUT2D eigenvalue weighted by molar-refractivity contribution is -0.126. The monoisotopic (exact) mass is 417 g/mol. The van der Waals surface area contributed by atoms with Gasteiger partial charge in [0.25, 0.3) is 5.91 Å². The van der Waals surface area contributed by atoms with E-state index in [0.29, 0.717) is 22.9 Å². The Labute approximate surface area is 178 Å². The van der Waals surface area contributed by atoms with Crippen LogP contribution in [0.2, 0.25) is 0 Å². The molecule has 0 saturated heterocycles. The molecule has 156 valence electrons. The van der Waals surface area contributed by atoms with E-state index in [9.17, 15) is 14.9 Å². The number of carbonyl (C=O) groups excluding carboxylic acids is 2. The van der Waals surface area contributed by atoms with Gasteiger partial charge in [-0.05, 0) is 38.1 Å². The number of nitrogens with zero attached hydrogens (tertiary/aromatic N) is 6. The number of anilines is 1. The number of ketones is 1. The highest BCUT2D eigenvalue weighted by Crippen LogP contribution is 2.26. The Morgan fingerprint density at radius 2 is 1.97 bits per heavy atom. The Bertz CT molecular complexity index is 1180. The molecule has 0 radical (unpaired) electrons. The lowest BCUT2D eigenvalue weighted by Crippen LogP contribution is -2.32. The van der Waals surface area contributed by atoms with Crippen LogP contribution >= 0.6 is 0 Å². The smallest absolute Gasteiger partial charge is 0.258 e. The molecule has 0 saturated carbocycles. The molecular weight excluding hydrogens is 398 g/mol. The molecule has 1 atom stereocenters. The molecule has 3 rings (SSSR count). The van der Waals surface area contributed by atoms with Gasteiger partial charge in [-0.1, -0.05) is 18.2 Å². The van der Waals surface area contributed by atoms with Crippen molar-refractivity contribution >= 4 is 23.2 Å². The Morgan fingerprint density at radius 3 is 2.61 bits per heavy atom. The van der Waals surface area contributed by atoms with Gasteiger partial charge in [0.1, 0.15) is 17.4 Å². The van der Waals surface area contributed by atoms with Crippen LogP contribution in [0.5, 0.6) is 5.75 Å². The van der Waals surface area contributed by atoms with Crippen molar-refractivity contribution in [2.24, 2.45) is 10.2 Å². The van der Waals surface area contributed by atoms with E-state index in [1.54, 1.807) is 55.6 Å². The molecule has 1 unspecified atom stereocenters. The number of methoxy groups -OCH3 is 1. The van der Waals surface area contributed by atoms with Gasteiger partial charge in [-0.25, -0.2) is 4.98 Å². The number of aryl methyl sites for hydroxylation is 1. The third kappa shape index (κ3) is 4.62. The molecular formula is C21H19N7O3. The van der Waals surface area contributed by atoms with Crippen LogP contribution in [-0.4, -0.2) is 39.6 Å². The second kappa shape index (κ2) is 9.41. The Morgan fingerprint density at radius 1 is 1.23 bits per heavy atom. The first-order valence-electron chi connectivity index (χ1n) is 9.22. The lowest BCUT2D eigenvalue weighted by atomic mass is 10.2. The largest absolute Gasteiger partial charge is 0.495 e. The highest BCUT2D eigenvalue weighted by Gasteiger charge is 2.25. The first-order valence-corrected chi connectivity index (χ1v) is 9.22. The zero-order chi connectivity index (χ0) is 22.4. The minimum atomic E-state index is -1.43. The molecule has 2 heterocycles. The minimum Gasteiger partial charge on any atom is -0.495 e. The van der Waals surface area contributed by atoms with Gasteiger partial charge in [0.05, 0.1) is 18.5 Å². The second-order valence-electron chi connectivity index (χ2n) is 6.41. The maximum Gasteiger partial charge on any atom is 0.258 e. The minimum absolute atomic E-state index is 0.0787. The quantitative estimate of drug-likeness (QED) is 0.463. The van der Waals surface area contributed by atoms with E-state index in [1.165, 1.54) is 18.7 Å². The van der Waals surface area contributed by atoms with Gasteiger partial charge in [0.15, 0.2) is 17.4 Å². The number of amides is 1. The number of ether oxygens (including phenoxy) is 1. The number of Topliss-reactive ketones (excluding diaryl/α,β-unsaturated/α-hetero) is 1. The average molecular weight is 417 g/mol. The number of rotatable bonds is 7. The number of aromatic nitrogens is 3. The normalized spacial score (nSPS) is 11.7. The van der Waals surface area contributed by atoms with Crippen molar-refractivity contribution in [3.05, 3.63) is 59.9 Å². The summed E-state index contributed by atoms with van der Waals surface area (Å²) in [6.45, 7) is 2.88. The summed E-state index contributed by atoms with van der Waals surface area (Å²) >= 11 is 0. The summed E-state index contributed by atoms with van der Waals surface area (Å²) in [5, 5.41) is 24.4. The van der Waals surface area contributed by atoms with Crippen LogP contribution in [0.15, 0.2) is 58.9 Å². The van der Waals surface area contributed by atoms with Gasteiger partial charge >= 0.3 is 0 Å². The van der Waals surface area contributed by atoms with Crippen molar-refractivity contribution in [2.45, 2.75) is 19.9 Å². The van der Waals surface area contributed by atoms with E-state index in [0.717, 1.165) is 0 Å². The SMILES string of the molecule is COc1ccccc1NC(=O)C(N=Nc1c(C#N)c(C)nn1-c1ccccn1)C(C)=O. The maximum absolute atomic E-state index is 12.7. The number of pyridine rings is 1. The zero-order valence-electron chi connectivity index (χ0n) is 17.1. The number of carbonyl (C=O) groups is 2. The molecule has 0 spiro atoms. The van der Waals surface area contributed by atoms with Gasteiger partial charge in [-0.15, -0.1) is 5.11 Å². The molecule has 0 aliphatic carbocycles. The standard InChI is InChI=1S/C21H19N7O3/c1-13-15(12-22)20(28(27-13)18-10-6-7-11-23-18)26-25-19(14(2)29)21(30)24-16-8-4-5-9-17(16)31-3/h4-11,19H,1-3H3,(H,24,30). The molecule has 0 bridgehead atoms. The molecule has 0 fully saturated rings. The zero-order valence-corrected chi connectivity index (χ0v) is 17.1. The number of para-hydroxylation sites is 2. The molecule has 2 aromatic heterocycles. The van der Waals surface area contributed by atoms with Gasteiger partial charge in [-0.3, -0.25) is 9.59 Å². The fourth-order valence-electron chi connectivity index (χ4n) is 2.76. The average Bonchev–Trinajstić information content (AvgIpc) is 3.09. The summed E-state index contributed by atoms with van der Waals surface area (Å²) in [7, 11) is 1.47. The highest BCUT2D eigenvalue weighted by atomic mass is 16.5. The summed E-state index contributed by atoms with van der Waals surface area (Å²) in [5.74, 6) is -0.269. The van der Waals surface area contributed by atoms with Crippen LogP contribution in [-0.2, 0) is 9.59 Å². The summed E-state index contributed by atoms with van der Waals surface area (Å²) in [6, 6.07) is 12.6.